The normalized spacial score (nSPS) is 14.4. The van der Waals surface area contributed by atoms with Gasteiger partial charge in [-0.05, 0) is 43.3 Å². The van der Waals surface area contributed by atoms with Gasteiger partial charge in [0.05, 0.1) is 21.4 Å². The van der Waals surface area contributed by atoms with Crippen molar-refractivity contribution in [2.45, 2.75) is 27.7 Å². The number of anilines is 1. The lowest BCUT2D eigenvalue weighted by molar-refractivity contribution is -0.107. The Kier molecular flexibility index (Phi) is 5.99. The molecule has 0 spiro atoms. The van der Waals surface area contributed by atoms with Gasteiger partial charge >= 0.3 is 0 Å². The van der Waals surface area contributed by atoms with E-state index in [1.807, 2.05) is 52.0 Å². The van der Waals surface area contributed by atoms with Crippen molar-refractivity contribution in [3.8, 4) is 17.1 Å². The summed E-state index contributed by atoms with van der Waals surface area (Å²) >= 11 is 12.2. The van der Waals surface area contributed by atoms with Gasteiger partial charge < -0.3 is 10.0 Å². The van der Waals surface area contributed by atoms with E-state index in [4.69, 9.17) is 28.2 Å². The molecule has 0 bridgehead atoms. The van der Waals surface area contributed by atoms with Crippen LogP contribution < -0.4 is 4.90 Å². The Bertz CT molecular complexity index is 1270. The number of aliphatic imine (C=N–C) groups is 1. The number of amides is 1. The van der Waals surface area contributed by atoms with Crippen molar-refractivity contribution in [3.05, 3.63) is 52.3 Å². The van der Waals surface area contributed by atoms with E-state index in [1.54, 1.807) is 4.90 Å². The van der Waals surface area contributed by atoms with Gasteiger partial charge in [0.2, 0.25) is 12.2 Å². The standard InChI is InChI=1S/C23H22Cl2N6O2/c1-5-30(12-32)15-8-6-13(7-9-15)21-27-22-18(20(23(2,3)4)28-31(22)29-21)26-14-10-16(24)19(33)17(25)11-14/h6-12,33H,5H2,1-4H3. The molecule has 1 aromatic heterocycles. The smallest absolute Gasteiger partial charge is 0.214 e. The first-order chi connectivity index (χ1) is 15.6. The zero-order valence-electron chi connectivity index (χ0n) is 18.5. The largest absolute Gasteiger partial charge is 0.505 e. The Morgan fingerprint density at radius 1 is 1.15 bits per heavy atom. The van der Waals surface area contributed by atoms with Gasteiger partial charge in [-0.25, -0.2) is 9.98 Å². The van der Waals surface area contributed by atoms with Crippen LogP contribution in [0.25, 0.3) is 11.4 Å². The highest BCUT2D eigenvalue weighted by Gasteiger charge is 2.35. The van der Waals surface area contributed by atoms with Crippen LogP contribution in [0.5, 0.6) is 5.75 Å². The van der Waals surface area contributed by atoms with E-state index in [-0.39, 0.29) is 21.2 Å². The van der Waals surface area contributed by atoms with E-state index in [0.717, 1.165) is 17.7 Å². The van der Waals surface area contributed by atoms with Crippen molar-refractivity contribution in [1.82, 2.24) is 14.9 Å². The molecule has 0 atom stereocenters. The molecule has 8 nitrogen and oxygen atoms in total. The molecule has 3 aromatic rings. The summed E-state index contributed by atoms with van der Waals surface area (Å²) in [6.45, 7) is 8.56. The van der Waals surface area contributed by atoms with Crippen molar-refractivity contribution in [3.63, 3.8) is 0 Å². The lowest BCUT2D eigenvalue weighted by Gasteiger charge is -2.18. The molecule has 0 saturated carbocycles. The summed E-state index contributed by atoms with van der Waals surface area (Å²) in [6.07, 6.45) is 0.797. The first kappa shape index (κ1) is 22.9. The van der Waals surface area contributed by atoms with Crippen molar-refractivity contribution < 1.29 is 9.90 Å². The molecule has 170 valence electrons. The molecule has 0 fully saturated rings. The second-order valence-electron chi connectivity index (χ2n) is 8.50. The maximum Gasteiger partial charge on any atom is 0.214 e. The average molecular weight is 485 g/mol. The van der Waals surface area contributed by atoms with Gasteiger partial charge in [0.25, 0.3) is 0 Å². The average Bonchev–Trinajstić information content (AvgIpc) is 3.32. The number of rotatable bonds is 5. The fourth-order valence-corrected chi connectivity index (χ4v) is 3.84. The topological polar surface area (TPSA) is 96.0 Å². The van der Waals surface area contributed by atoms with Crippen LogP contribution in [0.3, 0.4) is 0 Å². The van der Waals surface area contributed by atoms with Crippen LogP contribution in [-0.2, 0) is 4.79 Å². The molecule has 1 aliphatic heterocycles. The molecule has 0 unspecified atom stereocenters. The quantitative estimate of drug-likeness (QED) is 0.495. The summed E-state index contributed by atoms with van der Waals surface area (Å²) in [5, 5.41) is 19.3. The molecule has 0 aliphatic carbocycles. The minimum absolute atomic E-state index is 0.104. The summed E-state index contributed by atoms with van der Waals surface area (Å²) in [5.41, 5.74) is 2.97. The van der Waals surface area contributed by atoms with E-state index >= 15 is 0 Å². The monoisotopic (exact) mass is 484 g/mol. The van der Waals surface area contributed by atoms with Gasteiger partial charge in [-0.3, -0.25) is 4.79 Å². The van der Waals surface area contributed by atoms with Crippen LogP contribution in [0.4, 0.5) is 11.4 Å². The summed E-state index contributed by atoms with van der Waals surface area (Å²) < 4.78 is 0. The first-order valence-corrected chi connectivity index (χ1v) is 11.0. The van der Waals surface area contributed by atoms with E-state index in [2.05, 4.69) is 15.2 Å². The number of carbonyl (C=O) groups excluding carboxylic acids is 1. The highest BCUT2D eigenvalue weighted by atomic mass is 35.5. The molecule has 0 saturated heterocycles. The SMILES string of the molecule is CCN(C=O)c1ccc(-c2nc3n(n2)N=C(C(C)(C)C)C3=Nc2cc(Cl)c(O)c(Cl)c2)cc1. The summed E-state index contributed by atoms with van der Waals surface area (Å²) in [5.74, 6) is 0.780. The Balaban J connectivity index is 1.77. The molecule has 10 heteroatoms. The Hall–Kier alpha value is -3.23. The number of hydrogen-bond acceptors (Lipinski definition) is 6. The van der Waals surface area contributed by atoms with Gasteiger partial charge in [0, 0.05) is 23.2 Å². The van der Waals surface area contributed by atoms with Gasteiger partial charge in [-0.15, -0.1) is 9.89 Å². The van der Waals surface area contributed by atoms with Crippen LogP contribution in [0, 0.1) is 5.41 Å². The number of halogens is 2. The van der Waals surface area contributed by atoms with E-state index < -0.39 is 0 Å². The second kappa shape index (κ2) is 8.61. The third-order valence-corrected chi connectivity index (χ3v) is 5.68. The molecule has 0 radical (unpaired) electrons. The van der Waals surface area contributed by atoms with Crippen LogP contribution in [-0.4, -0.2) is 44.4 Å². The zero-order chi connectivity index (χ0) is 23.9. The van der Waals surface area contributed by atoms with Crippen LogP contribution in [0.1, 0.15) is 33.5 Å². The molecule has 33 heavy (non-hydrogen) atoms. The predicted molar refractivity (Wildman–Crippen MR) is 131 cm³/mol. The molecule has 1 N–H and O–H groups in total. The van der Waals surface area contributed by atoms with E-state index in [9.17, 15) is 9.90 Å². The lowest BCUT2D eigenvalue weighted by atomic mass is 9.87. The molecule has 2 aromatic carbocycles. The molecule has 1 aliphatic rings. The molecule has 1 amide bonds. The number of aromatic hydroxyl groups is 1. The minimum atomic E-state index is -0.327. The predicted octanol–water partition coefficient (Wildman–Crippen LogP) is 5.32. The van der Waals surface area contributed by atoms with Gasteiger partial charge in [-0.1, -0.05) is 44.0 Å². The fourth-order valence-electron chi connectivity index (χ4n) is 3.37. The third kappa shape index (κ3) is 4.36. The van der Waals surface area contributed by atoms with Gasteiger partial charge in [-0.2, -0.15) is 5.10 Å². The number of benzene rings is 2. The third-order valence-electron chi connectivity index (χ3n) is 5.10. The number of fused-ring (bicyclic) bond motifs is 1. The number of hydrogen-bond donors (Lipinski definition) is 1. The maximum absolute atomic E-state index is 11.2. The molecular formula is C23H22Cl2N6O2. The number of carbonyl (C=O) groups is 1. The van der Waals surface area contributed by atoms with Crippen molar-refractivity contribution in [1.29, 1.82) is 0 Å². The fraction of sp³-hybridized carbons (Fsp3) is 0.261. The Labute approximate surface area is 201 Å². The van der Waals surface area contributed by atoms with Crippen LogP contribution >= 0.6 is 23.2 Å². The van der Waals surface area contributed by atoms with Crippen molar-refractivity contribution in [2.75, 3.05) is 11.4 Å². The number of nitrogens with zero attached hydrogens (tertiary/aromatic N) is 6. The maximum atomic E-state index is 11.2. The highest BCUT2D eigenvalue weighted by Crippen LogP contribution is 2.37. The van der Waals surface area contributed by atoms with Gasteiger partial charge in [0.15, 0.2) is 11.6 Å². The van der Waals surface area contributed by atoms with Crippen molar-refractivity contribution >= 4 is 52.4 Å². The Morgan fingerprint density at radius 3 is 2.33 bits per heavy atom. The van der Waals surface area contributed by atoms with Crippen molar-refractivity contribution in [2.24, 2.45) is 15.5 Å². The highest BCUT2D eigenvalue weighted by molar-refractivity contribution is 6.50. The molecular weight excluding hydrogens is 463 g/mol. The van der Waals surface area contributed by atoms with E-state index in [1.165, 1.54) is 16.9 Å². The summed E-state index contributed by atoms with van der Waals surface area (Å²) in [7, 11) is 0. The minimum Gasteiger partial charge on any atom is -0.505 e. The number of phenolic OH excluding ortho intramolecular Hbond substituents is 1. The summed E-state index contributed by atoms with van der Waals surface area (Å²) in [4.78, 5) is 23.7. The molecule has 2 heterocycles. The zero-order valence-corrected chi connectivity index (χ0v) is 20.1. The Morgan fingerprint density at radius 2 is 1.79 bits per heavy atom. The lowest BCUT2D eigenvalue weighted by Crippen LogP contribution is -2.27. The van der Waals surface area contributed by atoms with Crippen LogP contribution in [0.15, 0.2) is 46.5 Å². The molecule has 4 rings (SSSR count). The first-order valence-electron chi connectivity index (χ1n) is 10.3. The van der Waals surface area contributed by atoms with Gasteiger partial charge in [0.1, 0.15) is 5.71 Å². The van der Waals surface area contributed by atoms with Crippen LogP contribution in [0.2, 0.25) is 10.0 Å². The summed E-state index contributed by atoms with van der Waals surface area (Å²) in [6, 6.07) is 10.5. The number of phenols is 1. The number of aromatic nitrogens is 3. The second-order valence-corrected chi connectivity index (χ2v) is 9.32. The van der Waals surface area contributed by atoms with E-state index in [0.29, 0.717) is 35.3 Å².